The molecule has 0 aromatic heterocycles. The Bertz CT molecular complexity index is 547. The standard InChI is InChI=1S/C15H15ClO/c1-10-7-11(2)15(17)13(8-10)9-12-5-3-4-6-14(12)16/h3-8,17H,9H2,1-2H3. The van der Waals surface area contributed by atoms with E-state index in [1.165, 1.54) is 0 Å². The van der Waals surface area contributed by atoms with Crippen molar-refractivity contribution in [3.05, 3.63) is 63.7 Å². The van der Waals surface area contributed by atoms with E-state index in [-0.39, 0.29) is 0 Å². The Kier molecular flexibility index (Phi) is 3.39. The van der Waals surface area contributed by atoms with E-state index >= 15 is 0 Å². The molecule has 0 spiro atoms. The van der Waals surface area contributed by atoms with Crippen molar-refractivity contribution in [2.24, 2.45) is 0 Å². The van der Waals surface area contributed by atoms with Crippen LogP contribution in [0.4, 0.5) is 0 Å². The smallest absolute Gasteiger partial charge is 0.122 e. The lowest BCUT2D eigenvalue weighted by Crippen LogP contribution is -1.93. The largest absolute Gasteiger partial charge is 0.507 e. The number of aryl methyl sites for hydroxylation is 2. The number of benzene rings is 2. The van der Waals surface area contributed by atoms with E-state index in [2.05, 4.69) is 0 Å². The van der Waals surface area contributed by atoms with E-state index in [0.717, 1.165) is 27.3 Å². The number of phenolic OH excluding ortho intramolecular Hbond substituents is 1. The first kappa shape index (κ1) is 12.0. The van der Waals surface area contributed by atoms with E-state index in [1.54, 1.807) is 0 Å². The minimum absolute atomic E-state index is 0.371. The Morgan fingerprint density at radius 3 is 2.47 bits per heavy atom. The van der Waals surface area contributed by atoms with E-state index in [1.807, 2.05) is 50.2 Å². The number of hydrogen-bond donors (Lipinski definition) is 1. The Balaban J connectivity index is 2.40. The summed E-state index contributed by atoms with van der Waals surface area (Å²) in [5, 5.41) is 10.8. The molecule has 0 amide bonds. The van der Waals surface area contributed by atoms with Crippen molar-refractivity contribution in [2.45, 2.75) is 20.3 Å². The van der Waals surface area contributed by atoms with Crippen LogP contribution in [0.1, 0.15) is 22.3 Å². The highest BCUT2D eigenvalue weighted by Gasteiger charge is 2.08. The minimum atomic E-state index is 0.371. The van der Waals surface area contributed by atoms with Crippen LogP contribution in [0.3, 0.4) is 0 Å². The predicted octanol–water partition coefficient (Wildman–Crippen LogP) is 4.25. The molecule has 0 bridgehead atoms. The summed E-state index contributed by atoms with van der Waals surface area (Å²) in [4.78, 5) is 0. The van der Waals surface area contributed by atoms with Gasteiger partial charge in [-0.05, 0) is 36.6 Å². The first-order valence-corrected chi connectivity index (χ1v) is 5.98. The molecule has 2 heteroatoms. The zero-order valence-electron chi connectivity index (χ0n) is 10.00. The summed E-state index contributed by atoms with van der Waals surface area (Å²) >= 11 is 6.12. The fourth-order valence-corrected chi connectivity index (χ4v) is 2.23. The zero-order chi connectivity index (χ0) is 12.4. The summed E-state index contributed by atoms with van der Waals surface area (Å²) in [6.45, 7) is 3.95. The molecular formula is C15H15ClO. The van der Waals surface area contributed by atoms with Gasteiger partial charge in [0, 0.05) is 11.4 Å². The van der Waals surface area contributed by atoms with Crippen LogP contribution >= 0.6 is 11.6 Å². The summed E-state index contributed by atoms with van der Waals surface area (Å²) in [5.41, 5.74) is 4.03. The molecule has 88 valence electrons. The molecule has 0 aliphatic rings. The van der Waals surface area contributed by atoms with Crippen molar-refractivity contribution in [1.82, 2.24) is 0 Å². The quantitative estimate of drug-likeness (QED) is 0.840. The van der Waals surface area contributed by atoms with Gasteiger partial charge in [-0.25, -0.2) is 0 Å². The Morgan fingerprint density at radius 2 is 1.76 bits per heavy atom. The van der Waals surface area contributed by atoms with Gasteiger partial charge in [0.1, 0.15) is 5.75 Å². The molecule has 2 aromatic rings. The lowest BCUT2D eigenvalue weighted by atomic mass is 9.99. The highest BCUT2D eigenvalue weighted by Crippen LogP contribution is 2.28. The third-order valence-electron chi connectivity index (χ3n) is 2.86. The predicted molar refractivity (Wildman–Crippen MR) is 71.8 cm³/mol. The van der Waals surface area contributed by atoms with Crippen molar-refractivity contribution in [3.8, 4) is 5.75 Å². The van der Waals surface area contributed by atoms with Crippen molar-refractivity contribution in [3.63, 3.8) is 0 Å². The SMILES string of the molecule is Cc1cc(C)c(O)c(Cc2ccccc2Cl)c1. The second kappa shape index (κ2) is 4.80. The molecule has 0 saturated carbocycles. The number of hydrogen-bond acceptors (Lipinski definition) is 1. The molecular weight excluding hydrogens is 232 g/mol. The van der Waals surface area contributed by atoms with Gasteiger partial charge >= 0.3 is 0 Å². The van der Waals surface area contributed by atoms with Crippen LogP contribution in [-0.4, -0.2) is 5.11 Å². The van der Waals surface area contributed by atoms with E-state index in [9.17, 15) is 5.11 Å². The normalized spacial score (nSPS) is 10.5. The highest BCUT2D eigenvalue weighted by molar-refractivity contribution is 6.31. The van der Waals surface area contributed by atoms with Gasteiger partial charge in [0.2, 0.25) is 0 Å². The maximum Gasteiger partial charge on any atom is 0.122 e. The van der Waals surface area contributed by atoms with Gasteiger partial charge in [-0.2, -0.15) is 0 Å². The highest BCUT2D eigenvalue weighted by atomic mass is 35.5. The third kappa shape index (κ3) is 2.62. The first-order chi connectivity index (χ1) is 8.08. The molecule has 2 rings (SSSR count). The second-order valence-corrected chi connectivity index (χ2v) is 4.76. The summed E-state index contributed by atoms with van der Waals surface area (Å²) in [6.07, 6.45) is 0.661. The lowest BCUT2D eigenvalue weighted by molar-refractivity contribution is 0.465. The molecule has 0 saturated heterocycles. The van der Waals surface area contributed by atoms with Gasteiger partial charge in [0.15, 0.2) is 0 Å². The molecule has 0 unspecified atom stereocenters. The van der Waals surface area contributed by atoms with Crippen LogP contribution < -0.4 is 0 Å². The summed E-state index contributed by atoms with van der Waals surface area (Å²) in [6, 6.07) is 11.7. The fourth-order valence-electron chi connectivity index (χ4n) is 2.03. The molecule has 1 N–H and O–H groups in total. The zero-order valence-corrected chi connectivity index (χ0v) is 10.8. The molecule has 0 aliphatic heterocycles. The molecule has 0 radical (unpaired) electrons. The van der Waals surface area contributed by atoms with Crippen molar-refractivity contribution < 1.29 is 5.11 Å². The van der Waals surface area contributed by atoms with Gasteiger partial charge in [0.05, 0.1) is 0 Å². The summed E-state index contributed by atoms with van der Waals surface area (Å²) in [7, 11) is 0. The molecule has 2 aromatic carbocycles. The summed E-state index contributed by atoms with van der Waals surface area (Å²) < 4.78 is 0. The molecule has 0 fully saturated rings. The fraction of sp³-hybridized carbons (Fsp3) is 0.200. The van der Waals surface area contributed by atoms with E-state index in [0.29, 0.717) is 12.2 Å². The maximum atomic E-state index is 10.0. The first-order valence-electron chi connectivity index (χ1n) is 5.60. The van der Waals surface area contributed by atoms with Crippen molar-refractivity contribution >= 4 is 11.6 Å². The number of rotatable bonds is 2. The van der Waals surface area contributed by atoms with Crippen LogP contribution in [0.15, 0.2) is 36.4 Å². The summed E-state index contributed by atoms with van der Waals surface area (Å²) in [5.74, 6) is 0.371. The van der Waals surface area contributed by atoms with Gasteiger partial charge < -0.3 is 5.11 Å². The van der Waals surface area contributed by atoms with Gasteiger partial charge in [0.25, 0.3) is 0 Å². The van der Waals surface area contributed by atoms with Gasteiger partial charge in [-0.15, -0.1) is 0 Å². The molecule has 0 atom stereocenters. The van der Waals surface area contributed by atoms with Gasteiger partial charge in [-0.3, -0.25) is 0 Å². The molecule has 0 heterocycles. The monoisotopic (exact) mass is 246 g/mol. The Hall–Kier alpha value is -1.47. The number of aromatic hydroxyl groups is 1. The Labute approximate surface area is 107 Å². The lowest BCUT2D eigenvalue weighted by Gasteiger charge is -2.10. The Morgan fingerprint density at radius 1 is 1.06 bits per heavy atom. The molecule has 17 heavy (non-hydrogen) atoms. The van der Waals surface area contributed by atoms with Crippen LogP contribution in [-0.2, 0) is 6.42 Å². The number of halogens is 1. The van der Waals surface area contributed by atoms with Crippen LogP contribution in [0.25, 0.3) is 0 Å². The number of phenols is 1. The van der Waals surface area contributed by atoms with Crippen molar-refractivity contribution in [1.29, 1.82) is 0 Å². The van der Waals surface area contributed by atoms with Crippen LogP contribution in [0.5, 0.6) is 5.75 Å². The van der Waals surface area contributed by atoms with Crippen LogP contribution in [0.2, 0.25) is 5.02 Å². The van der Waals surface area contributed by atoms with E-state index in [4.69, 9.17) is 11.6 Å². The average molecular weight is 247 g/mol. The van der Waals surface area contributed by atoms with Crippen LogP contribution in [0, 0.1) is 13.8 Å². The third-order valence-corrected chi connectivity index (χ3v) is 3.23. The molecule has 0 aliphatic carbocycles. The van der Waals surface area contributed by atoms with Crippen molar-refractivity contribution in [2.75, 3.05) is 0 Å². The maximum absolute atomic E-state index is 10.0. The molecule has 1 nitrogen and oxygen atoms in total. The van der Waals surface area contributed by atoms with E-state index < -0.39 is 0 Å². The topological polar surface area (TPSA) is 20.2 Å². The minimum Gasteiger partial charge on any atom is -0.507 e. The van der Waals surface area contributed by atoms with Gasteiger partial charge in [-0.1, -0.05) is 47.5 Å². The average Bonchev–Trinajstić information content (AvgIpc) is 2.28. The second-order valence-electron chi connectivity index (χ2n) is 4.36.